The average molecular weight is 117 g/mol. The molecule has 1 atom stereocenters. The zero-order chi connectivity index (χ0) is 6.99. The van der Waals surface area contributed by atoms with Gasteiger partial charge in [0, 0.05) is 6.04 Å². The van der Waals surface area contributed by atoms with Crippen molar-refractivity contribution in [3.8, 4) is 0 Å². The van der Waals surface area contributed by atoms with E-state index in [1.165, 1.54) is 6.42 Å². The highest BCUT2D eigenvalue weighted by atomic mass is 14.6. The molecule has 0 aliphatic heterocycles. The van der Waals surface area contributed by atoms with Gasteiger partial charge in [0.2, 0.25) is 0 Å². The number of rotatable bonds is 2. The Morgan fingerprint density at radius 2 is 1.75 bits per heavy atom. The molecule has 1 unspecified atom stereocenters. The van der Waals surface area contributed by atoms with Crippen LogP contribution in [-0.2, 0) is 0 Å². The molecule has 0 saturated carbocycles. The van der Waals surface area contributed by atoms with Gasteiger partial charge in [-0.2, -0.15) is 0 Å². The third kappa shape index (κ3) is 16.7. The van der Waals surface area contributed by atoms with Gasteiger partial charge in [-0.25, -0.2) is 0 Å². The standard InChI is InChI=1S/C5H13N.C2H6/c1-3-4-5(2)6;1-2/h5H,3-4,6H2,1-2H3;1-2H3. The quantitative estimate of drug-likeness (QED) is 0.589. The summed E-state index contributed by atoms with van der Waals surface area (Å²) in [6.45, 7) is 8.17. The van der Waals surface area contributed by atoms with Crippen LogP contribution in [0.15, 0.2) is 0 Å². The third-order valence-electron chi connectivity index (χ3n) is 0.744. The van der Waals surface area contributed by atoms with Crippen LogP contribution >= 0.6 is 0 Å². The molecule has 0 fully saturated rings. The Kier molecular flexibility index (Phi) is 13.6. The Morgan fingerprint density at radius 1 is 1.38 bits per heavy atom. The molecule has 0 aromatic heterocycles. The first-order valence-electron chi connectivity index (χ1n) is 3.53. The van der Waals surface area contributed by atoms with Crippen LogP contribution in [0.5, 0.6) is 0 Å². The highest BCUT2D eigenvalue weighted by Gasteiger charge is 1.85. The summed E-state index contributed by atoms with van der Waals surface area (Å²) < 4.78 is 0. The van der Waals surface area contributed by atoms with E-state index in [9.17, 15) is 0 Å². The molecule has 2 N–H and O–H groups in total. The Balaban J connectivity index is 0. The van der Waals surface area contributed by atoms with E-state index in [0.717, 1.165) is 6.42 Å². The van der Waals surface area contributed by atoms with Crippen LogP contribution in [0.3, 0.4) is 0 Å². The summed E-state index contributed by atoms with van der Waals surface area (Å²) in [6.07, 6.45) is 2.36. The first-order valence-corrected chi connectivity index (χ1v) is 3.53. The van der Waals surface area contributed by atoms with Gasteiger partial charge in [-0.05, 0) is 13.3 Å². The molecule has 0 aromatic carbocycles. The summed E-state index contributed by atoms with van der Waals surface area (Å²) in [4.78, 5) is 0. The lowest BCUT2D eigenvalue weighted by molar-refractivity contribution is 0.653. The molecule has 0 saturated heterocycles. The molecule has 0 rings (SSSR count). The van der Waals surface area contributed by atoms with Gasteiger partial charge in [0.15, 0.2) is 0 Å². The molecule has 1 nitrogen and oxygen atoms in total. The first-order chi connectivity index (χ1) is 3.77. The monoisotopic (exact) mass is 117 g/mol. The van der Waals surface area contributed by atoms with E-state index >= 15 is 0 Å². The minimum Gasteiger partial charge on any atom is -0.328 e. The van der Waals surface area contributed by atoms with Gasteiger partial charge in [0.25, 0.3) is 0 Å². The van der Waals surface area contributed by atoms with E-state index < -0.39 is 0 Å². The number of hydrogen-bond acceptors (Lipinski definition) is 1. The molecule has 0 bridgehead atoms. The average Bonchev–Trinajstić information content (AvgIpc) is 1.72. The first kappa shape index (κ1) is 10.9. The van der Waals surface area contributed by atoms with Crippen molar-refractivity contribution in [2.45, 2.75) is 46.6 Å². The Bertz CT molecular complexity index is 25.6. The van der Waals surface area contributed by atoms with Crippen molar-refractivity contribution >= 4 is 0 Å². The van der Waals surface area contributed by atoms with Crippen molar-refractivity contribution in [1.29, 1.82) is 0 Å². The fourth-order valence-electron chi connectivity index (χ4n) is 0.455. The minimum atomic E-state index is 0.398. The maximum absolute atomic E-state index is 5.40. The SMILES string of the molecule is CC.CCCC(C)N. The van der Waals surface area contributed by atoms with Crippen molar-refractivity contribution in [2.24, 2.45) is 5.73 Å². The molecule has 0 radical (unpaired) electrons. The fourth-order valence-corrected chi connectivity index (χ4v) is 0.455. The van der Waals surface area contributed by atoms with Gasteiger partial charge >= 0.3 is 0 Å². The summed E-state index contributed by atoms with van der Waals surface area (Å²) in [6, 6.07) is 0.398. The molecule has 0 heterocycles. The second kappa shape index (κ2) is 10.0. The van der Waals surface area contributed by atoms with Gasteiger partial charge in [0.1, 0.15) is 0 Å². The summed E-state index contributed by atoms with van der Waals surface area (Å²) in [5, 5.41) is 0. The maximum atomic E-state index is 5.40. The van der Waals surface area contributed by atoms with Crippen molar-refractivity contribution < 1.29 is 0 Å². The van der Waals surface area contributed by atoms with E-state index in [2.05, 4.69) is 6.92 Å². The fraction of sp³-hybridized carbons (Fsp3) is 1.00. The highest BCUT2D eigenvalue weighted by molar-refractivity contribution is 4.47. The molecular formula is C7H19N. The summed E-state index contributed by atoms with van der Waals surface area (Å²) in [7, 11) is 0. The predicted molar refractivity (Wildman–Crippen MR) is 39.9 cm³/mol. The van der Waals surface area contributed by atoms with E-state index in [4.69, 9.17) is 5.73 Å². The minimum absolute atomic E-state index is 0.398. The molecule has 0 spiro atoms. The van der Waals surface area contributed by atoms with Gasteiger partial charge in [-0.15, -0.1) is 0 Å². The second-order valence-corrected chi connectivity index (χ2v) is 1.77. The summed E-state index contributed by atoms with van der Waals surface area (Å²) in [5.74, 6) is 0. The third-order valence-corrected chi connectivity index (χ3v) is 0.744. The summed E-state index contributed by atoms with van der Waals surface area (Å²) >= 11 is 0. The van der Waals surface area contributed by atoms with Crippen molar-refractivity contribution in [3.05, 3.63) is 0 Å². The van der Waals surface area contributed by atoms with Gasteiger partial charge < -0.3 is 5.73 Å². The van der Waals surface area contributed by atoms with Crippen LogP contribution in [-0.4, -0.2) is 6.04 Å². The van der Waals surface area contributed by atoms with Crippen LogP contribution in [0.25, 0.3) is 0 Å². The Morgan fingerprint density at radius 3 is 1.75 bits per heavy atom. The van der Waals surface area contributed by atoms with Crippen molar-refractivity contribution in [1.82, 2.24) is 0 Å². The van der Waals surface area contributed by atoms with Crippen LogP contribution in [0.1, 0.15) is 40.5 Å². The molecule has 0 aliphatic rings. The van der Waals surface area contributed by atoms with Crippen LogP contribution in [0, 0.1) is 0 Å². The maximum Gasteiger partial charge on any atom is 0.00103 e. The molecule has 0 aromatic rings. The lowest BCUT2D eigenvalue weighted by atomic mass is 10.2. The number of hydrogen-bond donors (Lipinski definition) is 1. The zero-order valence-electron chi connectivity index (χ0n) is 6.57. The van der Waals surface area contributed by atoms with Gasteiger partial charge in [-0.3, -0.25) is 0 Å². The molecule has 1 heteroatoms. The molecule has 52 valence electrons. The zero-order valence-corrected chi connectivity index (χ0v) is 6.57. The van der Waals surface area contributed by atoms with E-state index in [-0.39, 0.29) is 0 Å². The van der Waals surface area contributed by atoms with E-state index in [0.29, 0.717) is 6.04 Å². The number of nitrogens with two attached hydrogens (primary N) is 1. The Hall–Kier alpha value is -0.0400. The molecule has 0 aliphatic carbocycles. The summed E-state index contributed by atoms with van der Waals surface area (Å²) in [5.41, 5.74) is 5.40. The topological polar surface area (TPSA) is 26.0 Å². The molecular weight excluding hydrogens is 98.1 g/mol. The van der Waals surface area contributed by atoms with E-state index in [1.807, 2.05) is 20.8 Å². The van der Waals surface area contributed by atoms with Crippen LogP contribution < -0.4 is 5.73 Å². The Labute approximate surface area is 53.3 Å². The van der Waals surface area contributed by atoms with Gasteiger partial charge in [-0.1, -0.05) is 27.2 Å². The van der Waals surface area contributed by atoms with Crippen molar-refractivity contribution in [2.75, 3.05) is 0 Å². The normalized spacial score (nSPS) is 11.6. The second-order valence-electron chi connectivity index (χ2n) is 1.77. The highest BCUT2D eigenvalue weighted by Crippen LogP contribution is 1.88. The predicted octanol–water partition coefficient (Wildman–Crippen LogP) is 2.16. The van der Waals surface area contributed by atoms with Crippen LogP contribution in [0.2, 0.25) is 0 Å². The lowest BCUT2D eigenvalue weighted by Crippen LogP contribution is -2.13. The van der Waals surface area contributed by atoms with Crippen molar-refractivity contribution in [3.63, 3.8) is 0 Å². The van der Waals surface area contributed by atoms with E-state index in [1.54, 1.807) is 0 Å². The van der Waals surface area contributed by atoms with Crippen LogP contribution in [0.4, 0.5) is 0 Å². The largest absolute Gasteiger partial charge is 0.328 e. The smallest absolute Gasteiger partial charge is 0.00103 e. The van der Waals surface area contributed by atoms with Gasteiger partial charge in [0.05, 0.1) is 0 Å². The lowest BCUT2D eigenvalue weighted by Gasteiger charge is -1.96. The molecule has 8 heavy (non-hydrogen) atoms. The molecule has 0 amide bonds.